The molecule has 0 amide bonds. The summed E-state index contributed by atoms with van der Waals surface area (Å²) in [5.41, 5.74) is 1.32. The second-order valence-corrected chi connectivity index (χ2v) is 5.51. The van der Waals surface area contributed by atoms with Gasteiger partial charge < -0.3 is 5.32 Å². The smallest absolute Gasteiger partial charge is 0.0132 e. The highest BCUT2D eigenvalue weighted by molar-refractivity contribution is 4.95. The van der Waals surface area contributed by atoms with Gasteiger partial charge in [-0.25, -0.2) is 0 Å². The van der Waals surface area contributed by atoms with Crippen molar-refractivity contribution in [3.8, 4) is 0 Å². The van der Waals surface area contributed by atoms with Crippen LogP contribution in [0.3, 0.4) is 0 Å². The fourth-order valence-electron chi connectivity index (χ4n) is 3.04. The van der Waals surface area contributed by atoms with Gasteiger partial charge in [0.25, 0.3) is 0 Å². The molecule has 0 aromatic carbocycles. The summed E-state index contributed by atoms with van der Waals surface area (Å²) in [6, 6.07) is 0.681. The van der Waals surface area contributed by atoms with E-state index < -0.39 is 0 Å². The van der Waals surface area contributed by atoms with Crippen molar-refractivity contribution in [1.29, 1.82) is 0 Å². The first-order valence-corrected chi connectivity index (χ1v) is 7.05. The Labute approximate surface area is 102 Å². The first-order valence-electron chi connectivity index (χ1n) is 7.05. The third kappa shape index (κ3) is 4.29. The van der Waals surface area contributed by atoms with Crippen LogP contribution < -0.4 is 5.32 Å². The van der Waals surface area contributed by atoms with E-state index in [9.17, 15) is 0 Å². The summed E-state index contributed by atoms with van der Waals surface area (Å²) in [5, 5.41) is 3.66. The minimum Gasteiger partial charge on any atom is -0.314 e. The average Bonchev–Trinajstić information content (AvgIpc) is 2.28. The maximum Gasteiger partial charge on any atom is 0.0132 e. The maximum absolute atomic E-state index is 4.06. The molecule has 1 atom stereocenters. The predicted molar refractivity (Wildman–Crippen MR) is 72.6 cm³/mol. The first-order chi connectivity index (χ1) is 7.67. The Bertz CT molecular complexity index is 201. The normalized spacial score (nSPS) is 27.7. The van der Waals surface area contributed by atoms with Gasteiger partial charge in [0.1, 0.15) is 0 Å². The lowest BCUT2D eigenvalue weighted by atomic mass is 9.76. The number of hydrogen-bond donors (Lipinski definition) is 1. The fourth-order valence-corrected chi connectivity index (χ4v) is 3.04. The van der Waals surface area contributed by atoms with Crippen LogP contribution in [-0.4, -0.2) is 12.6 Å². The van der Waals surface area contributed by atoms with Crippen molar-refractivity contribution in [2.45, 2.75) is 65.3 Å². The Morgan fingerprint density at radius 3 is 2.31 bits per heavy atom. The van der Waals surface area contributed by atoms with Gasteiger partial charge in [-0.05, 0) is 44.6 Å². The molecule has 1 aliphatic rings. The van der Waals surface area contributed by atoms with Crippen LogP contribution in [0.2, 0.25) is 0 Å². The van der Waals surface area contributed by atoms with Crippen LogP contribution in [0.5, 0.6) is 0 Å². The van der Waals surface area contributed by atoms with Gasteiger partial charge in [0.05, 0.1) is 0 Å². The molecule has 0 bridgehead atoms. The van der Waals surface area contributed by atoms with Gasteiger partial charge in [-0.15, -0.1) is 6.58 Å². The maximum atomic E-state index is 4.06. The molecule has 0 aromatic heterocycles. The highest BCUT2D eigenvalue weighted by Gasteiger charge is 2.26. The summed E-state index contributed by atoms with van der Waals surface area (Å²) in [6.45, 7) is 11.9. The summed E-state index contributed by atoms with van der Waals surface area (Å²) in [6.07, 6.45) is 8.26. The molecular formula is C15H29N. The van der Waals surface area contributed by atoms with Crippen molar-refractivity contribution in [3.05, 3.63) is 12.2 Å². The van der Waals surface area contributed by atoms with Gasteiger partial charge >= 0.3 is 0 Å². The lowest BCUT2D eigenvalue weighted by molar-refractivity contribution is 0.218. The van der Waals surface area contributed by atoms with Crippen LogP contribution in [0.1, 0.15) is 59.3 Å². The summed E-state index contributed by atoms with van der Waals surface area (Å²) in [5.74, 6) is 1.89. The van der Waals surface area contributed by atoms with E-state index in [1.807, 2.05) is 0 Å². The molecule has 1 rings (SSSR count). The van der Waals surface area contributed by atoms with Crippen molar-refractivity contribution in [2.75, 3.05) is 6.54 Å². The van der Waals surface area contributed by atoms with Crippen molar-refractivity contribution < 1.29 is 0 Å². The average molecular weight is 223 g/mol. The number of rotatable bonds is 6. The molecule has 0 aliphatic heterocycles. The monoisotopic (exact) mass is 223 g/mol. The molecule has 1 fully saturated rings. The van der Waals surface area contributed by atoms with Gasteiger partial charge in [-0.3, -0.25) is 0 Å². The molecular weight excluding hydrogens is 194 g/mol. The molecule has 0 spiro atoms. The van der Waals surface area contributed by atoms with E-state index in [-0.39, 0.29) is 0 Å². The highest BCUT2D eigenvalue weighted by Crippen LogP contribution is 2.33. The van der Waals surface area contributed by atoms with E-state index >= 15 is 0 Å². The number of hydrogen-bond acceptors (Lipinski definition) is 1. The molecule has 16 heavy (non-hydrogen) atoms. The zero-order chi connectivity index (χ0) is 12.0. The second-order valence-electron chi connectivity index (χ2n) is 5.51. The molecule has 0 heterocycles. The SMILES string of the molecule is C=C(C)CC(NCC)C1CCC(CC)CC1. The molecule has 0 saturated heterocycles. The molecule has 1 N–H and O–H groups in total. The zero-order valence-corrected chi connectivity index (χ0v) is 11.4. The van der Waals surface area contributed by atoms with Gasteiger partial charge in [0.2, 0.25) is 0 Å². The third-order valence-electron chi connectivity index (χ3n) is 4.07. The minimum absolute atomic E-state index is 0.681. The number of nitrogens with one attached hydrogen (secondary N) is 1. The Balaban J connectivity index is 2.42. The lowest BCUT2D eigenvalue weighted by Gasteiger charge is -2.34. The van der Waals surface area contributed by atoms with Gasteiger partial charge in [-0.1, -0.05) is 38.7 Å². The second kappa shape index (κ2) is 7.11. The van der Waals surface area contributed by atoms with E-state index in [0.717, 1.165) is 24.8 Å². The highest BCUT2D eigenvalue weighted by atomic mass is 14.9. The Morgan fingerprint density at radius 1 is 1.25 bits per heavy atom. The largest absolute Gasteiger partial charge is 0.314 e. The molecule has 1 aliphatic carbocycles. The zero-order valence-electron chi connectivity index (χ0n) is 11.4. The van der Waals surface area contributed by atoms with E-state index in [0.29, 0.717) is 6.04 Å². The van der Waals surface area contributed by atoms with Crippen molar-refractivity contribution >= 4 is 0 Å². The summed E-state index contributed by atoms with van der Waals surface area (Å²) < 4.78 is 0. The van der Waals surface area contributed by atoms with Crippen molar-refractivity contribution in [2.24, 2.45) is 11.8 Å². The van der Waals surface area contributed by atoms with Gasteiger partial charge in [-0.2, -0.15) is 0 Å². The molecule has 0 aromatic rings. The van der Waals surface area contributed by atoms with E-state index in [4.69, 9.17) is 0 Å². The molecule has 1 heteroatoms. The fraction of sp³-hybridized carbons (Fsp3) is 0.867. The molecule has 1 unspecified atom stereocenters. The van der Waals surface area contributed by atoms with Crippen LogP contribution in [0.25, 0.3) is 0 Å². The quantitative estimate of drug-likeness (QED) is 0.667. The topological polar surface area (TPSA) is 12.0 Å². The summed E-state index contributed by atoms with van der Waals surface area (Å²) >= 11 is 0. The summed E-state index contributed by atoms with van der Waals surface area (Å²) in [4.78, 5) is 0. The standard InChI is InChI=1S/C15H29N/c1-5-13-7-9-14(10-8-13)15(16-6-2)11-12(3)4/h13-16H,3,5-11H2,1-2,4H3. The Kier molecular flexibility index (Phi) is 6.12. The molecule has 94 valence electrons. The van der Waals surface area contributed by atoms with Crippen molar-refractivity contribution in [3.63, 3.8) is 0 Å². The summed E-state index contributed by atoms with van der Waals surface area (Å²) in [7, 11) is 0. The van der Waals surface area contributed by atoms with Crippen molar-refractivity contribution in [1.82, 2.24) is 5.32 Å². The molecule has 0 radical (unpaired) electrons. The van der Waals surface area contributed by atoms with Crippen LogP contribution in [-0.2, 0) is 0 Å². The molecule has 1 nitrogen and oxygen atoms in total. The lowest BCUT2D eigenvalue weighted by Crippen LogP contribution is -2.38. The van der Waals surface area contributed by atoms with Crippen LogP contribution in [0.15, 0.2) is 12.2 Å². The van der Waals surface area contributed by atoms with Crippen LogP contribution in [0, 0.1) is 11.8 Å². The molecule has 1 saturated carbocycles. The Morgan fingerprint density at radius 2 is 1.88 bits per heavy atom. The van der Waals surface area contributed by atoms with E-state index in [2.05, 4.69) is 32.7 Å². The minimum atomic E-state index is 0.681. The van der Waals surface area contributed by atoms with E-state index in [1.54, 1.807) is 0 Å². The predicted octanol–water partition coefficient (Wildman–Crippen LogP) is 4.15. The van der Waals surface area contributed by atoms with Crippen LogP contribution in [0.4, 0.5) is 0 Å². The van der Waals surface area contributed by atoms with Gasteiger partial charge in [0.15, 0.2) is 0 Å². The first kappa shape index (κ1) is 13.8. The third-order valence-corrected chi connectivity index (χ3v) is 4.07. The van der Waals surface area contributed by atoms with Crippen LogP contribution >= 0.6 is 0 Å². The Hall–Kier alpha value is -0.300. The van der Waals surface area contributed by atoms with Gasteiger partial charge in [0, 0.05) is 6.04 Å². The van der Waals surface area contributed by atoms with E-state index in [1.165, 1.54) is 37.7 Å².